The molecule has 3 rings (SSSR count). The summed E-state index contributed by atoms with van der Waals surface area (Å²) in [6.45, 7) is 10.2. The summed E-state index contributed by atoms with van der Waals surface area (Å²) < 4.78 is 23.3. The first-order chi connectivity index (χ1) is 14.5. The number of ether oxygens (including phenoxy) is 4. The molecule has 2 heterocycles. The fourth-order valence-corrected chi connectivity index (χ4v) is 4.29. The molecule has 2 aliphatic heterocycles. The maximum Gasteiger partial charge on any atom is 0.226 e. The molecule has 0 aliphatic carbocycles. The summed E-state index contributed by atoms with van der Waals surface area (Å²) in [6.07, 6.45) is 4.50. The Hall–Kier alpha value is -1.63. The number of amides is 1. The summed E-state index contributed by atoms with van der Waals surface area (Å²) in [5, 5.41) is 0. The Balaban J connectivity index is 1.43. The van der Waals surface area contributed by atoms with Crippen molar-refractivity contribution >= 4 is 5.91 Å². The van der Waals surface area contributed by atoms with Crippen LogP contribution in [-0.2, 0) is 25.4 Å². The Kier molecular flexibility index (Phi) is 8.54. The molecule has 6 nitrogen and oxygen atoms in total. The molecule has 1 aromatic rings. The zero-order valence-electron chi connectivity index (χ0n) is 18.7. The molecular weight excluding hydrogens is 382 g/mol. The average Bonchev–Trinajstić information content (AvgIpc) is 2.73. The number of rotatable bonds is 9. The molecule has 168 valence electrons. The lowest BCUT2D eigenvalue weighted by Gasteiger charge is -2.46. The third-order valence-corrected chi connectivity index (χ3v) is 5.95. The highest BCUT2D eigenvalue weighted by molar-refractivity contribution is 5.79. The van der Waals surface area contributed by atoms with E-state index in [2.05, 4.69) is 0 Å². The summed E-state index contributed by atoms with van der Waals surface area (Å²) in [4.78, 5) is 14.7. The van der Waals surface area contributed by atoms with Crippen LogP contribution >= 0.6 is 0 Å². The molecule has 1 amide bonds. The van der Waals surface area contributed by atoms with Gasteiger partial charge in [0.1, 0.15) is 5.75 Å². The van der Waals surface area contributed by atoms with Gasteiger partial charge in [-0.1, -0.05) is 12.1 Å². The van der Waals surface area contributed by atoms with Crippen molar-refractivity contribution in [2.75, 3.05) is 39.5 Å². The Morgan fingerprint density at radius 3 is 2.60 bits per heavy atom. The first kappa shape index (κ1) is 23.0. The highest BCUT2D eigenvalue weighted by Gasteiger charge is 2.41. The van der Waals surface area contributed by atoms with Crippen molar-refractivity contribution < 1.29 is 23.7 Å². The number of hydrogen-bond acceptors (Lipinski definition) is 5. The zero-order chi connectivity index (χ0) is 21.4. The zero-order valence-corrected chi connectivity index (χ0v) is 18.7. The van der Waals surface area contributed by atoms with Gasteiger partial charge in [0.2, 0.25) is 5.91 Å². The van der Waals surface area contributed by atoms with Gasteiger partial charge in [0.05, 0.1) is 44.1 Å². The van der Waals surface area contributed by atoms with Gasteiger partial charge in [-0.15, -0.1) is 0 Å². The van der Waals surface area contributed by atoms with Crippen molar-refractivity contribution in [2.24, 2.45) is 0 Å². The number of carbonyl (C=O) groups is 1. The Morgan fingerprint density at radius 1 is 1.20 bits per heavy atom. The van der Waals surface area contributed by atoms with E-state index in [1.807, 2.05) is 49.9 Å². The van der Waals surface area contributed by atoms with Crippen LogP contribution < -0.4 is 4.74 Å². The van der Waals surface area contributed by atoms with E-state index in [9.17, 15) is 4.79 Å². The van der Waals surface area contributed by atoms with Gasteiger partial charge in [0.25, 0.3) is 0 Å². The van der Waals surface area contributed by atoms with Crippen molar-refractivity contribution in [2.45, 2.75) is 70.7 Å². The fraction of sp³-hybridized carbons (Fsp3) is 0.708. The predicted octanol–water partition coefficient (Wildman–Crippen LogP) is 3.61. The lowest BCUT2D eigenvalue weighted by molar-refractivity contribution is -0.163. The van der Waals surface area contributed by atoms with E-state index in [4.69, 9.17) is 18.9 Å². The van der Waals surface area contributed by atoms with Crippen molar-refractivity contribution in [3.63, 3.8) is 0 Å². The number of piperidine rings is 1. The van der Waals surface area contributed by atoms with Gasteiger partial charge < -0.3 is 23.8 Å². The molecule has 2 saturated heterocycles. The Bertz CT molecular complexity index is 652. The molecule has 1 atom stereocenters. The second-order valence-electron chi connectivity index (χ2n) is 8.57. The largest absolute Gasteiger partial charge is 0.494 e. The fourth-order valence-electron chi connectivity index (χ4n) is 4.29. The van der Waals surface area contributed by atoms with E-state index in [-0.39, 0.29) is 23.7 Å². The topological polar surface area (TPSA) is 57.2 Å². The van der Waals surface area contributed by atoms with Crippen LogP contribution in [0.3, 0.4) is 0 Å². The first-order valence-corrected chi connectivity index (χ1v) is 11.4. The standard InChI is InChI=1S/C24H37NO5/c1-4-27-21-7-5-20(6-8-21)17-23(26)25-12-10-24(11-13-25)18-22(9-14-30-24)29-16-15-28-19(2)3/h5-8,19,22H,4,9-18H2,1-3H3. The van der Waals surface area contributed by atoms with Crippen molar-refractivity contribution in [3.05, 3.63) is 29.8 Å². The van der Waals surface area contributed by atoms with E-state index in [1.54, 1.807) is 0 Å². The summed E-state index contributed by atoms with van der Waals surface area (Å²) >= 11 is 0. The minimum Gasteiger partial charge on any atom is -0.494 e. The van der Waals surface area contributed by atoms with E-state index in [0.717, 1.165) is 56.7 Å². The molecule has 1 unspecified atom stereocenters. The molecule has 2 fully saturated rings. The summed E-state index contributed by atoms with van der Waals surface area (Å²) in [5.74, 6) is 1.03. The van der Waals surface area contributed by atoms with Gasteiger partial charge in [0, 0.05) is 26.1 Å². The summed E-state index contributed by atoms with van der Waals surface area (Å²) in [5.41, 5.74) is 0.882. The molecule has 0 radical (unpaired) electrons. The summed E-state index contributed by atoms with van der Waals surface area (Å²) in [6, 6.07) is 7.81. The van der Waals surface area contributed by atoms with E-state index in [1.165, 1.54) is 0 Å². The van der Waals surface area contributed by atoms with Crippen molar-refractivity contribution in [1.29, 1.82) is 0 Å². The van der Waals surface area contributed by atoms with Crippen LogP contribution in [0.1, 0.15) is 52.0 Å². The highest BCUT2D eigenvalue weighted by Crippen LogP contribution is 2.36. The van der Waals surface area contributed by atoms with Crippen LogP contribution in [0.25, 0.3) is 0 Å². The van der Waals surface area contributed by atoms with Crippen molar-refractivity contribution in [1.82, 2.24) is 4.90 Å². The molecule has 2 aliphatic rings. The minimum atomic E-state index is -0.141. The van der Waals surface area contributed by atoms with Crippen LogP contribution in [-0.4, -0.2) is 68.1 Å². The van der Waals surface area contributed by atoms with Gasteiger partial charge in [-0.2, -0.15) is 0 Å². The lowest BCUT2D eigenvalue weighted by atomic mass is 9.83. The SMILES string of the molecule is CCOc1ccc(CC(=O)N2CCC3(CC2)CC(OCCOC(C)C)CCO3)cc1. The molecule has 6 heteroatoms. The maximum absolute atomic E-state index is 12.8. The smallest absolute Gasteiger partial charge is 0.226 e. The molecule has 0 N–H and O–H groups in total. The second-order valence-corrected chi connectivity index (χ2v) is 8.57. The highest BCUT2D eigenvalue weighted by atomic mass is 16.5. The maximum atomic E-state index is 12.8. The molecular formula is C24H37NO5. The van der Waals surface area contributed by atoms with Crippen LogP contribution in [0, 0.1) is 0 Å². The van der Waals surface area contributed by atoms with Crippen LogP contribution in [0.5, 0.6) is 5.75 Å². The molecule has 0 bridgehead atoms. The van der Waals surface area contributed by atoms with Gasteiger partial charge in [-0.3, -0.25) is 4.79 Å². The number of benzene rings is 1. The molecule has 0 aromatic heterocycles. The molecule has 30 heavy (non-hydrogen) atoms. The van der Waals surface area contributed by atoms with E-state index >= 15 is 0 Å². The third-order valence-electron chi connectivity index (χ3n) is 5.95. The lowest BCUT2D eigenvalue weighted by Crippen LogP contribution is -2.52. The number of carbonyl (C=O) groups excluding carboxylic acids is 1. The molecule has 0 saturated carbocycles. The Morgan fingerprint density at radius 2 is 1.93 bits per heavy atom. The normalized spacial score (nSPS) is 21.2. The number of hydrogen-bond donors (Lipinski definition) is 0. The molecule has 1 aromatic carbocycles. The van der Waals surface area contributed by atoms with Gasteiger partial charge in [0.15, 0.2) is 0 Å². The number of nitrogens with zero attached hydrogens (tertiary/aromatic N) is 1. The van der Waals surface area contributed by atoms with Crippen molar-refractivity contribution in [3.8, 4) is 5.75 Å². The van der Waals surface area contributed by atoms with Gasteiger partial charge in [-0.05, 0) is 57.7 Å². The average molecular weight is 420 g/mol. The van der Waals surface area contributed by atoms with E-state index in [0.29, 0.717) is 26.2 Å². The van der Waals surface area contributed by atoms with Crippen LogP contribution in [0.4, 0.5) is 0 Å². The van der Waals surface area contributed by atoms with Gasteiger partial charge >= 0.3 is 0 Å². The van der Waals surface area contributed by atoms with E-state index < -0.39 is 0 Å². The molecule has 1 spiro atoms. The quantitative estimate of drug-likeness (QED) is 0.573. The van der Waals surface area contributed by atoms with Gasteiger partial charge in [-0.25, -0.2) is 0 Å². The second kappa shape index (κ2) is 11.1. The minimum absolute atomic E-state index is 0.141. The van der Waals surface area contributed by atoms with Crippen LogP contribution in [0.15, 0.2) is 24.3 Å². The predicted molar refractivity (Wildman–Crippen MR) is 116 cm³/mol. The monoisotopic (exact) mass is 419 g/mol. The summed E-state index contributed by atoms with van der Waals surface area (Å²) in [7, 11) is 0. The first-order valence-electron chi connectivity index (χ1n) is 11.4. The number of likely N-dealkylation sites (tertiary alicyclic amines) is 1. The van der Waals surface area contributed by atoms with Crippen LogP contribution in [0.2, 0.25) is 0 Å². The Labute approximate surface area is 180 Å². The third kappa shape index (κ3) is 6.69.